The second-order valence-corrected chi connectivity index (χ2v) is 7.27. The first-order chi connectivity index (χ1) is 10.8. The van der Waals surface area contributed by atoms with Crippen LogP contribution in [0, 0.1) is 0 Å². The Kier molecular flexibility index (Phi) is 5.41. The summed E-state index contributed by atoms with van der Waals surface area (Å²) in [7, 11) is 0. The topological polar surface area (TPSA) is 47.4 Å². The first-order valence-corrected chi connectivity index (χ1v) is 9.51. The molecular weight excluding hydrogens is 298 g/mol. The summed E-state index contributed by atoms with van der Waals surface area (Å²) in [6, 6.07) is 2.25. The Morgan fingerprint density at radius 1 is 1.32 bits per heavy atom. The van der Waals surface area contributed by atoms with Crippen LogP contribution in [0.5, 0.6) is 0 Å². The highest BCUT2D eigenvalue weighted by atomic mass is 32.2. The molecule has 2 aliphatic rings. The Hall–Kier alpha value is -1.01. The number of aromatic nitrogens is 2. The van der Waals surface area contributed by atoms with Crippen LogP contribution in [0.25, 0.3) is 0 Å². The van der Waals surface area contributed by atoms with E-state index in [9.17, 15) is 4.79 Å². The molecule has 22 heavy (non-hydrogen) atoms. The van der Waals surface area contributed by atoms with Crippen LogP contribution in [-0.4, -0.2) is 58.4 Å². The zero-order valence-corrected chi connectivity index (χ0v) is 14.1. The quantitative estimate of drug-likeness (QED) is 0.858. The lowest BCUT2D eigenvalue weighted by molar-refractivity contribution is 0.0655. The second-order valence-electron chi connectivity index (χ2n) is 6.13. The third-order valence-corrected chi connectivity index (χ3v) is 5.69. The Balaban J connectivity index is 1.67. The first kappa shape index (κ1) is 15.9. The molecule has 2 aliphatic heterocycles. The van der Waals surface area contributed by atoms with E-state index in [1.54, 1.807) is 0 Å². The summed E-state index contributed by atoms with van der Waals surface area (Å²) in [5.41, 5.74) is 0.591. The molecule has 1 amide bonds. The van der Waals surface area contributed by atoms with Crippen LogP contribution in [0.1, 0.15) is 48.6 Å². The number of nitrogens with zero attached hydrogens (tertiary/aromatic N) is 3. The van der Waals surface area contributed by atoms with E-state index in [1.807, 2.05) is 33.6 Å². The van der Waals surface area contributed by atoms with Gasteiger partial charge in [0.2, 0.25) is 0 Å². The number of carbonyl (C=O) groups is 1. The predicted octanol–water partition coefficient (Wildman–Crippen LogP) is 2.59. The van der Waals surface area contributed by atoms with Crippen LogP contribution < -0.4 is 0 Å². The average Bonchev–Trinajstić information content (AvgIpc) is 2.93. The van der Waals surface area contributed by atoms with Gasteiger partial charge in [0.05, 0.1) is 6.04 Å². The molecule has 1 aromatic heterocycles. The maximum Gasteiger partial charge on any atom is 0.274 e. The van der Waals surface area contributed by atoms with Crippen LogP contribution in [0.15, 0.2) is 12.3 Å². The third kappa shape index (κ3) is 3.66. The van der Waals surface area contributed by atoms with E-state index < -0.39 is 0 Å². The lowest BCUT2D eigenvalue weighted by Crippen LogP contribution is -2.35. The third-order valence-electron chi connectivity index (χ3n) is 4.64. The Morgan fingerprint density at radius 3 is 2.91 bits per heavy atom. The number of hydrogen-bond acceptors (Lipinski definition) is 4. The molecule has 0 spiro atoms. The molecule has 2 saturated heterocycles. The largest absolute Gasteiger partial charge is 0.381 e. The monoisotopic (exact) mass is 323 g/mol. The van der Waals surface area contributed by atoms with E-state index in [1.165, 1.54) is 12.8 Å². The van der Waals surface area contributed by atoms with E-state index in [-0.39, 0.29) is 5.91 Å². The highest BCUT2D eigenvalue weighted by molar-refractivity contribution is 7.99. The fourth-order valence-electron chi connectivity index (χ4n) is 3.25. The van der Waals surface area contributed by atoms with Gasteiger partial charge in [-0.2, -0.15) is 16.9 Å². The summed E-state index contributed by atoms with van der Waals surface area (Å²) in [5.74, 6) is 0.0896. The van der Waals surface area contributed by atoms with Gasteiger partial charge in [-0.1, -0.05) is 6.42 Å². The van der Waals surface area contributed by atoms with Gasteiger partial charge in [-0.3, -0.25) is 9.48 Å². The lowest BCUT2D eigenvalue weighted by atomic mass is 10.1. The zero-order chi connectivity index (χ0) is 15.4. The molecule has 1 atom stereocenters. The molecule has 0 aliphatic carbocycles. The summed E-state index contributed by atoms with van der Waals surface area (Å²) >= 11 is 1.87. The molecule has 0 N–H and O–H groups in total. The van der Waals surface area contributed by atoms with Gasteiger partial charge >= 0.3 is 0 Å². The van der Waals surface area contributed by atoms with Crippen molar-refractivity contribution in [1.82, 2.24) is 14.7 Å². The van der Waals surface area contributed by atoms with Gasteiger partial charge in [-0.15, -0.1) is 0 Å². The summed E-state index contributed by atoms with van der Waals surface area (Å²) < 4.78 is 7.35. The van der Waals surface area contributed by atoms with Crippen LogP contribution in [0.3, 0.4) is 0 Å². The Bertz CT molecular complexity index is 499. The highest BCUT2D eigenvalue weighted by Gasteiger charge is 2.25. The fourth-order valence-corrected chi connectivity index (χ4v) is 3.98. The van der Waals surface area contributed by atoms with Crippen molar-refractivity contribution < 1.29 is 9.53 Å². The highest BCUT2D eigenvalue weighted by Crippen LogP contribution is 2.23. The number of ether oxygens (including phenoxy) is 1. The number of rotatable bonds is 3. The van der Waals surface area contributed by atoms with Gasteiger partial charge in [-0.25, -0.2) is 0 Å². The zero-order valence-electron chi connectivity index (χ0n) is 13.2. The minimum atomic E-state index is 0.0896. The van der Waals surface area contributed by atoms with Gasteiger partial charge in [0.15, 0.2) is 0 Å². The van der Waals surface area contributed by atoms with Crippen LogP contribution in [0.2, 0.25) is 0 Å². The molecule has 6 heteroatoms. The number of likely N-dealkylation sites (tertiary alicyclic amines) is 1. The van der Waals surface area contributed by atoms with Crippen LogP contribution in [0.4, 0.5) is 0 Å². The molecule has 5 nitrogen and oxygen atoms in total. The van der Waals surface area contributed by atoms with E-state index >= 15 is 0 Å². The molecule has 122 valence electrons. The van der Waals surface area contributed by atoms with Gasteiger partial charge < -0.3 is 9.64 Å². The van der Waals surface area contributed by atoms with E-state index in [0.29, 0.717) is 17.0 Å². The smallest absolute Gasteiger partial charge is 0.274 e. The molecule has 0 saturated carbocycles. The molecule has 3 rings (SSSR count). The maximum absolute atomic E-state index is 12.7. The van der Waals surface area contributed by atoms with Crippen molar-refractivity contribution in [2.24, 2.45) is 0 Å². The number of carbonyl (C=O) groups excluding carboxylic acids is 1. The number of thioether (sulfide) groups is 1. The Morgan fingerprint density at radius 2 is 2.14 bits per heavy atom. The van der Waals surface area contributed by atoms with Crippen molar-refractivity contribution in [3.05, 3.63) is 18.0 Å². The van der Waals surface area contributed by atoms with E-state index in [4.69, 9.17) is 4.74 Å². The normalized spacial score (nSPS) is 24.2. The SMILES string of the molecule is CSC1CCCCN(C(=O)c2ccn(C3CCOCC3)n2)C1. The van der Waals surface area contributed by atoms with Gasteiger partial charge in [0.1, 0.15) is 5.69 Å². The minimum absolute atomic E-state index is 0.0896. The molecule has 3 heterocycles. The van der Waals surface area contributed by atoms with Gasteiger partial charge in [0.25, 0.3) is 5.91 Å². The molecular formula is C16H25N3O2S. The minimum Gasteiger partial charge on any atom is -0.381 e. The second kappa shape index (κ2) is 7.51. The van der Waals surface area contributed by atoms with E-state index in [0.717, 1.165) is 45.6 Å². The van der Waals surface area contributed by atoms with Crippen LogP contribution in [-0.2, 0) is 4.74 Å². The Labute approximate surface area is 136 Å². The fraction of sp³-hybridized carbons (Fsp3) is 0.750. The molecule has 0 bridgehead atoms. The standard InChI is InChI=1S/C16H25N3O2S/c1-22-14-4-2-3-8-18(12-14)16(20)15-5-9-19(17-15)13-6-10-21-11-7-13/h5,9,13-14H,2-4,6-8,10-12H2,1H3. The van der Waals surface area contributed by atoms with E-state index in [2.05, 4.69) is 11.4 Å². The summed E-state index contributed by atoms with van der Waals surface area (Å²) in [5, 5.41) is 5.11. The first-order valence-electron chi connectivity index (χ1n) is 8.23. The summed E-state index contributed by atoms with van der Waals surface area (Å²) in [4.78, 5) is 14.7. The average molecular weight is 323 g/mol. The van der Waals surface area contributed by atoms with Crippen molar-refractivity contribution >= 4 is 17.7 Å². The molecule has 1 unspecified atom stereocenters. The molecule has 0 aromatic carbocycles. The lowest BCUT2D eigenvalue weighted by Gasteiger charge is -2.23. The number of amides is 1. The predicted molar refractivity (Wildman–Crippen MR) is 88.4 cm³/mol. The maximum atomic E-state index is 12.7. The van der Waals surface area contributed by atoms with Crippen molar-refractivity contribution in [3.63, 3.8) is 0 Å². The summed E-state index contributed by atoms with van der Waals surface area (Å²) in [6.07, 6.45) is 9.57. The molecule has 2 fully saturated rings. The summed E-state index contributed by atoms with van der Waals surface area (Å²) in [6.45, 7) is 3.29. The van der Waals surface area contributed by atoms with Gasteiger partial charge in [-0.05, 0) is 38.0 Å². The number of hydrogen-bond donors (Lipinski definition) is 0. The molecule has 1 aromatic rings. The van der Waals surface area contributed by atoms with Crippen LogP contribution >= 0.6 is 11.8 Å². The van der Waals surface area contributed by atoms with Crippen molar-refractivity contribution in [2.45, 2.75) is 43.4 Å². The van der Waals surface area contributed by atoms with Crippen molar-refractivity contribution in [2.75, 3.05) is 32.6 Å². The van der Waals surface area contributed by atoms with Crippen molar-refractivity contribution in [1.29, 1.82) is 0 Å². The van der Waals surface area contributed by atoms with Gasteiger partial charge in [0, 0.05) is 37.8 Å². The van der Waals surface area contributed by atoms with Crippen molar-refractivity contribution in [3.8, 4) is 0 Å². The molecule has 0 radical (unpaired) electrons.